The highest BCUT2D eigenvalue weighted by Crippen LogP contribution is 2.12. The Balaban J connectivity index is 2.89. The average Bonchev–Trinajstić information content (AvgIpc) is 2.64. The molecule has 3 N–H and O–H groups in total. The molecule has 1 rings (SSSR count). The van der Waals surface area contributed by atoms with Gasteiger partial charge in [0.2, 0.25) is 0 Å². The maximum Gasteiger partial charge on any atom is 0.326 e. The maximum absolute atomic E-state index is 12.0. The molecule has 0 aromatic carbocycles. The smallest absolute Gasteiger partial charge is 0.326 e. The second-order valence-corrected chi connectivity index (χ2v) is 4.48. The van der Waals surface area contributed by atoms with Crippen molar-refractivity contribution >= 4 is 11.9 Å². The lowest BCUT2D eigenvalue weighted by atomic mass is 9.99. The van der Waals surface area contributed by atoms with Crippen molar-refractivity contribution in [1.29, 1.82) is 0 Å². The summed E-state index contributed by atoms with van der Waals surface area (Å²) < 4.78 is 0. The molecule has 2 unspecified atom stereocenters. The molecule has 0 saturated heterocycles. The zero-order chi connectivity index (χ0) is 13.9. The average molecular weight is 253 g/mol. The molecule has 18 heavy (non-hydrogen) atoms. The Bertz CT molecular complexity index is 434. The number of carbonyl (C=O) groups excluding carboxylic acids is 1. The Morgan fingerprint density at radius 1 is 1.44 bits per heavy atom. The molecule has 0 saturated carbocycles. The number of aromatic amines is 1. The molecule has 1 heterocycles. The molecule has 6 heteroatoms. The second-order valence-electron chi connectivity index (χ2n) is 4.48. The zero-order valence-electron chi connectivity index (χ0n) is 11.1. The van der Waals surface area contributed by atoms with E-state index < -0.39 is 17.9 Å². The number of nitrogens with one attached hydrogen (secondary N) is 2. The van der Waals surface area contributed by atoms with Crippen LogP contribution in [0.5, 0.6) is 0 Å². The van der Waals surface area contributed by atoms with E-state index in [1.807, 2.05) is 6.92 Å². The minimum atomic E-state index is -1.02. The summed E-state index contributed by atoms with van der Waals surface area (Å²) in [7, 11) is 0. The number of nitrogens with zero attached hydrogens (tertiary/aromatic N) is 1. The fourth-order valence-electron chi connectivity index (χ4n) is 1.78. The van der Waals surface area contributed by atoms with E-state index in [0.717, 1.165) is 0 Å². The third-order valence-corrected chi connectivity index (χ3v) is 3.12. The van der Waals surface area contributed by atoms with Crippen molar-refractivity contribution in [2.45, 2.75) is 40.2 Å². The molecule has 0 spiro atoms. The van der Waals surface area contributed by atoms with Crippen LogP contribution in [0.1, 0.15) is 42.0 Å². The van der Waals surface area contributed by atoms with Gasteiger partial charge in [-0.05, 0) is 19.8 Å². The van der Waals surface area contributed by atoms with Gasteiger partial charge >= 0.3 is 5.97 Å². The largest absolute Gasteiger partial charge is 0.480 e. The Morgan fingerprint density at radius 2 is 2.06 bits per heavy atom. The molecule has 0 radical (unpaired) electrons. The van der Waals surface area contributed by atoms with E-state index in [4.69, 9.17) is 5.11 Å². The lowest BCUT2D eigenvalue weighted by molar-refractivity contribution is -0.140. The highest BCUT2D eigenvalue weighted by Gasteiger charge is 2.27. The van der Waals surface area contributed by atoms with Crippen molar-refractivity contribution in [3.8, 4) is 0 Å². The van der Waals surface area contributed by atoms with Gasteiger partial charge in [0.15, 0.2) is 0 Å². The van der Waals surface area contributed by atoms with Gasteiger partial charge in [-0.15, -0.1) is 0 Å². The van der Waals surface area contributed by atoms with Crippen LogP contribution in [0.15, 0.2) is 0 Å². The predicted octanol–water partition coefficient (Wildman–Crippen LogP) is 1.26. The van der Waals surface area contributed by atoms with E-state index in [0.29, 0.717) is 23.4 Å². The molecular weight excluding hydrogens is 234 g/mol. The topological polar surface area (TPSA) is 95.1 Å². The third kappa shape index (κ3) is 2.88. The van der Waals surface area contributed by atoms with Crippen LogP contribution in [-0.4, -0.2) is 33.2 Å². The summed E-state index contributed by atoms with van der Waals surface area (Å²) in [5.41, 5.74) is 1.63. The van der Waals surface area contributed by atoms with Crippen molar-refractivity contribution in [3.63, 3.8) is 0 Å². The van der Waals surface area contributed by atoms with Crippen LogP contribution < -0.4 is 5.32 Å². The first-order valence-corrected chi connectivity index (χ1v) is 5.93. The monoisotopic (exact) mass is 253 g/mol. The Labute approximate surface area is 106 Å². The quantitative estimate of drug-likeness (QED) is 0.736. The molecule has 1 amide bonds. The standard InChI is InChI=1S/C12H19N3O3/c1-5-6(2)10(12(17)18)13-11(16)9-7(3)14-15-8(9)4/h6,10H,5H2,1-4H3,(H,13,16)(H,14,15)(H,17,18). The van der Waals surface area contributed by atoms with Crippen LogP contribution in [0.3, 0.4) is 0 Å². The highest BCUT2D eigenvalue weighted by atomic mass is 16.4. The molecule has 0 aliphatic rings. The molecule has 6 nitrogen and oxygen atoms in total. The number of carboxylic acids is 1. The summed E-state index contributed by atoms with van der Waals surface area (Å²) in [6.07, 6.45) is 0.681. The lowest BCUT2D eigenvalue weighted by Gasteiger charge is -2.20. The van der Waals surface area contributed by atoms with E-state index in [1.165, 1.54) is 0 Å². The molecule has 0 aliphatic heterocycles. The summed E-state index contributed by atoms with van der Waals surface area (Å²) >= 11 is 0. The third-order valence-electron chi connectivity index (χ3n) is 3.12. The van der Waals surface area contributed by atoms with Crippen LogP contribution in [0.25, 0.3) is 0 Å². The maximum atomic E-state index is 12.0. The normalized spacial score (nSPS) is 14.0. The first kappa shape index (κ1) is 14.2. The second kappa shape index (κ2) is 5.66. The van der Waals surface area contributed by atoms with Crippen LogP contribution >= 0.6 is 0 Å². The van der Waals surface area contributed by atoms with Gasteiger partial charge in [-0.25, -0.2) is 4.79 Å². The molecule has 1 aromatic heterocycles. The molecule has 2 atom stereocenters. The molecule has 0 bridgehead atoms. The number of H-pyrrole nitrogens is 1. The van der Waals surface area contributed by atoms with Gasteiger partial charge in [0.25, 0.3) is 5.91 Å². The Hall–Kier alpha value is -1.85. The van der Waals surface area contributed by atoms with E-state index >= 15 is 0 Å². The van der Waals surface area contributed by atoms with Crippen LogP contribution in [0, 0.1) is 19.8 Å². The number of hydrogen-bond donors (Lipinski definition) is 3. The highest BCUT2D eigenvalue weighted by molar-refractivity contribution is 5.98. The van der Waals surface area contributed by atoms with Crippen LogP contribution in [0.4, 0.5) is 0 Å². The summed E-state index contributed by atoms with van der Waals surface area (Å²) in [5.74, 6) is -1.54. The first-order valence-electron chi connectivity index (χ1n) is 5.93. The van der Waals surface area contributed by atoms with Crippen LogP contribution in [0.2, 0.25) is 0 Å². The number of aryl methyl sites for hydroxylation is 2. The van der Waals surface area contributed by atoms with Gasteiger partial charge in [-0.3, -0.25) is 9.89 Å². The summed E-state index contributed by atoms with van der Waals surface area (Å²) in [6, 6.07) is -0.879. The summed E-state index contributed by atoms with van der Waals surface area (Å²) in [5, 5.41) is 18.3. The minimum Gasteiger partial charge on any atom is -0.480 e. The van der Waals surface area contributed by atoms with Gasteiger partial charge in [-0.2, -0.15) is 5.10 Å². The van der Waals surface area contributed by atoms with Crippen molar-refractivity contribution in [2.75, 3.05) is 0 Å². The van der Waals surface area contributed by atoms with Crippen molar-refractivity contribution in [2.24, 2.45) is 5.92 Å². The van der Waals surface area contributed by atoms with Crippen molar-refractivity contribution in [3.05, 3.63) is 17.0 Å². The van der Waals surface area contributed by atoms with Gasteiger partial charge in [-0.1, -0.05) is 20.3 Å². The SMILES string of the molecule is CCC(C)C(NC(=O)c1c(C)n[nH]c1C)C(=O)O. The Kier molecular flexibility index (Phi) is 4.47. The summed E-state index contributed by atoms with van der Waals surface area (Å²) in [4.78, 5) is 23.2. The number of aromatic nitrogens is 2. The molecule has 0 aliphatic carbocycles. The Morgan fingerprint density at radius 3 is 2.44 bits per heavy atom. The van der Waals surface area contributed by atoms with Crippen molar-refractivity contribution < 1.29 is 14.7 Å². The van der Waals surface area contributed by atoms with Crippen molar-refractivity contribution in [1.82, 2.24) is 15.5 Å². The van der Waals surface area contributed by atoms with E-state index in [9.17, 15) is 9.59 Å². The first-order chi connectivity index (χ1) is 8.38. The molecule has 1 aromatic rings. The zero-order valence-corrected chi connectivity index (χ0v) is 11.1. The van der Waals surface area contributed by atoms with E-state index in [-0.39, 0.29) is 5.92 Å². The van der Waals surface area contributed by atoms with Crippen LogP contribution in [-0.2, 0) is 4.79 Å². The van der Waals surface area contributed by atoms with Gasteiger partial charge in [0.1, 0.15) is 6.04 Å². The van der Waals surface area contributed by atoms with Gasteiger partial charge in [0.05, 0.1) is 11.3 Å². The lowest BCUT2D eigenvalue weighted by Crippen LogP contribution is -2.45. The van der Waals surface area contributed by atoms with Gasteiger partial charge in [0, 0.05) is 5.69 Å². The number of hydrogen-bond acceptors (Lipinski definition) is 3. The summed E-state index contributed by atoms with van der Waals surface area (Å²) in [6.45, 7) is 7.13. The minimum absolute atomic E-state index is 0.126. The number of amides is 1. The predicted molar refractivity (Wildman–Crippen MR) is 66.4 cm³/mol. The number of carboxylic acid groups (broad SMARTS) is 1. The fourth-order valence-corrected chi connectivity index (χ4v) is 1.78. The van der Waals surface area contributed by atoms with E-state index in [1.54, 1.807) is 20.8 Å². The molecular formula is C12H19N3O3. The fraction of sp³-hybridized carbons (Fsp3) is 0.583. The molecule has 100 valence electrons. The number of rotatable bonds is 5. The number of aliphatic carboxylic acids is 1. The number of carbonyl (C=O) groups is 2. The van der Waals surface area contributed by atoms with E-state index in [2.05, 4.69) is 15.5 Å². The van der Waals surface area contributed by atoms with Gasteiger partial charge < -0.3 is 10.4 Å². The molecule has 0 fully saturated rings.